The number of aryl methyl sites for hydroxylation is 2. The lowest BCUT2D eigenvalue weighted by molar-refractivity contribution is -0.159. The summed E-state index contributed by atoms with van der Waals surface area (Å²) in [4.78, 5) is 69.4. The Labute approximate surface area is 670 Å². The fourth-order valence-corrected chi connectivity index (χ4v) is 20.1. The van der Waals surface area contributed by atoms with Gasteiger partial charge in [0.1, 0.15) is 11.6 Å². The van der Waals surface area contributed by atoms with Crippen LogP contribution in [0.1, 0.15) is 280 Å². The van der Waals surface area contributed by atoms with Crippen LogP contribution in [-0.4, -0.2) is 114 Å². The van der Waals surface area contributed by atoms with Crippen LogP contribution < -0.4 is 0 Å². The van der Waals surface area contributed by atoms with Crippen LogP contribution in [0.4, 0.5) is 0 Å². The Morgan fingerprint density at radius 3 is 0.981 bits per heavy atom. The lowest BCUT2D eigenvalue weighted by Gasteiger charge is -2.45. The summed E-state index contributed by atoms with van der Waals surface area (Å²) in [6, 6.07) is 0. The minimum Gasteiger partial charge on any atom is -0.413 e. The molecule has 0 bridgehead atoms. The van der Waals surface area contributed by atoms with Crippen molar-refractivity contribution < 1.29 is 55.5 Å². The molecular formula is C86H156N2O12S3Si4. The first-order valence-corrected chi connectivity index (χ1v) is 53.8. The monoisotopic (exact) mass is 1620 g/mol. The van der Waals surface area contributed by atoms with E-state index in [0.29, 0.717) is 0 Å². The fraction of sp³-hybridized carbons (Fsp3) is 0.791. The van der Waals surface area contributed by atoms with Gasteiger partial charge in [-0.05, 0) is 211 Å². The molecule has 14 nitrogen and oxygen atoms in total. The minimum atomic E-state index is -2.48. The zero-order chi connectivity index (χ0) is 83.5. The molecule has 0 spiro atoms. The average Bonchev–Trinajstić information content (AvgIpc) is 0.874. The Kier molecular flexibility index (Phi) is 36.8. The number of ketones is 2. The van der Waals surface area contributed by atoms with Crippen molar-refractivity contribution in [3.63, 3.8) is 0 Å². The number of aromatic nitrogens is 2. The molecule has 0 saturated carbocycles. The van der Waals surface area contributed by atoms with E-state index in [1.807, 2.05) is 27.7 Å². The number of thiazole rings is 2. The van der Waals surface area contributed by atoms with E-state index in [1.54, 1.807) is 91.9 Å². The van der Waals surface area contributed by atoms with Gasteiger partial charge in [0.05, 0.1) is 80.7 Å². The molecular weight excluding hydrogens is 1460 g/mol. The summed E-state index contributed by atoms with van der Waals surface area (Å²) in [6.07, 6.45) is 11.3. The van der Waals surface area contributed by atoms with Crippen LogP contribution in [0.3, 0.4) is 0 Å². The highest BCUT2D eigenvalue weighted by molar-refractivity contribution is 7.90. The van der Waals surface area contributed by atoms with Gasteiger partial charge in [-0.2, -0.15) is 0 Å². The van der Waals surface area contributed by atoms with Crippen molar-refractivity contribution in [3.05, 3.63) is 66.6 Å². The second-order valence-corrected chi connectivity index (χ2v) is 62.9. The highest BCUT2D eigenvalue weighted by Gasteiger charge is 2.55. The molecule has 0 fully saturated rings. The van der Waals surface area contributed by atoms with Crippen molar-refractivity contribution in [2.45, 2.75) is 382 Å². The number of carbonyl (C=O) groups is 4. The molecule has 4 unspecified atom stereocenters. The maximum Gasteiger partial charge on any atom is 0.327 e. The zero-order valence-corrected chi connectivity index (χ0v) is 81.6. The normalized spacial score (nSPS) is 18.0. The van der Waals surface area contributed by atoms with Gasteiger partial charge < -0.3 is 36.3 Å². The predicted molar refractivity (Wildman–Crippen MR) is 466 cm³/mol. The molecule has 2 rings (SSSR count). The molecule has 2 heterocycles. The van der Waals surface area contributed by atoms with E-state index < -0.39 is 115 Å². The third-order valence-corrected chi connectivity index (χ3v) is 44.7. The van der Waals surface area contributed by atoms with Crippen LogP contribution in [-0.2, 0) is 45.2 Å². The molecule has 107 heavy (non-hydrogen) atoms. The van der Waals surface area contributed by atoms with Gasteiger partial charge in [-0.3, -0.25) is 19.2 Å². The first kappa shape index (κ1) is 101. The van der Waals surface area contributed by atoms with Crippen molar-refractivity contribution in [1.82, 2.24) is 9.97 Å². The Morgan fingerprint density at radius 1 is 0.467 bits per heavy atom. The largest absolute Gasteiger partial charge is 0.413 e. The van der Waals surface area contributed by atoms with Gasteiger partial charge in [-0.1, -0.05) is 203 Å². The molecule has 2 aromatic rings. The molecule has 616 valence electrons. The summed E-state index contributed by atoms with van der Waals surface area (Å²) in [5.74, 6) is -6.20. The predicted octanol–water partition coefficient (Wildman–Crippen LogP) is 24.7. The smallest absolute Gasteiger partial charge is 0.327 e. The van der Waals surface area contributed by atoms with Crippen molar-refractivity contribution in [3.8, 4) is 0 Å². The van der Waals surface area contributed by atoms with Gasteiger partial charge in [0.15, 0.2) is 33.3 Å². The SMILES string of the molecule is CC(=CCC(O[Si](C)(C)C(C)(C)C)C(C)=Cc1csc(C)n1)CCC[C@H](C)[C@H](O[Si](C)(C)C(C)(C)C)[C@@H](C)C(=O)C(C)(C)[C@H](O)C(C(=O)OSOC(=O)C([C@@H](O)C(C)(C)C(=O)[C@H](C)[C@@H](O[Si](C)(C)C(C)(C)C)[C@@H](C)CCCC(C)=CCC(O[Si](C)(C)C(C)(C)C)C(C)=Cc1csc(C)n1)C(C)(C)C)C(C)(C)C. The van der Waals surface area contributed by atoms with E-state index in [2.05, 4.69) is 212 Å². The number of hydrogen-bond donors (Lipinski definition) is 2. The van der Waals surface area contributed by atoms with Crippen LogP contribution in [0.25, 0.3) is 12.2 Å². The van der Waals surface area contributed by atoms with E-state index in [-0.39, 0.29) is 68.1 Å². The summed E-state index contributed by atoms with van der Waals surface area (Å²) in [5, 5.41) is 31.2. The Hall–Kier alpha value is -2.52. The van der Waals surface area contributed by atoms with Gasteiger partial charge in [0, 0.05) is 22.6 Å². The summed E-state index contributed by atoms with van der Waals surface area (Å²) < 4.78 is 40.2. The molecule has 0 aliphatic heterocycles. The quantitative estimate of drug-likeness (QED) is 0.0364. The minimum absolute atomic E-state index is 0.0422. The van der Waals surface area contributed by atoms with Gasteiger partial charge in [-0.25, -0.2) is 9.97 Å². The van der Waals surface area contributed by atoms with E-state index in [1.165, 1.54) is 11.1 Å². The number of hydrogen-bond acceptors (Lipinski definition) is 17. The molecule has 0 radical (unpaired) electrons. The highest BCUT2D eigenvalue weighted by Crippen LogP contribution is 2.48. The summed E-state index contributed by atoms with van der Waals surface area (Å²) >= 11 is 3.46. The van der Waals surface area contributed by atoms with Crippen LogP contribution in [0.2, 0.25) is 72.5 Å². The van der Waals surface area contributed by atoms with Crippen LogP contribution in [0.15, 0.2) is 45.2 Å². The number of nitrogens with zero attached hydrogens (tertiary/aromatic N) is 2. The lowest BCUT2D eigenvalue weighted by atomic mass is 9.65. The second-order valence-electron chi connectivity index (χ2n) is 41.3. The first-order chi connectivity index (χ1) is 48.0. The van der Waals surface area contributed by atoms with E-state index in [4.69, 9.17) is 36.0 Å². The third kappa shape index (κ3) is 29.1. The molecule has 0 aromatic carbocycles. The molecule has 21 heteroatoms. The number of allylic oxidation sites excluding steroid dienone is 2. The van der Waals surface area contributed by atoms with Crippen molar-refractivity contribution in [2.24, 2.45) is 57.2 Å². The lowest BCUT2D eigenvalue weighted by Crippen LogP contribution is -2.54. The highest BCUT2D eigenvalue weighted by atomic mass is 32.2. The second kappa shape index (κ2) is 39.2. The molecule has 0 amide bonds. The van der Waals surface area contributed by atoms with Crippen molar-refractivity contribution in [1.29, 1.82) is 0 Å². The van der Waals surface area contributed by atoms with E-state index in [9.17, 15) is 19.8 Å². The van der Waals surface area contributed by atoms with Crippen LogP contribution >= 0.6 is 35.0 Å². The average molecular weight is 1620 g/mol. The third-order valence-electron chi connectivity index (χ3n) is 24.7. The van der Waals surface area contributed by atoms with Gasteiger partial charge in [0.25, 0.3) is 12.3 Å². The van der Waals surface area contributed by atoms with E-state index in [0.717, 1.165) is 83.9 Å². The fourth-order valence-electron chi connectivity index (χ4n) is 13.0. The van der Waals surface area contributed by atoms with Gasteiger partial charge in [0.2, 0.25) is 0 Å². The Bertz CT molecular complexity index is 3120. The van der Waals surface area contributed by atoms with Crippen LogP contribution in [0, 0.1) is 71.0 Å². The zero-order valence-electron chi connectivity index (χ0n) is 75.1. The van der Waals surface area contributed by atoms with E-state index >= 15 is 9.59 Å². The number of rotatable bonds is 40. The number of carbonyl (C=O) groups excluding carboxylic acids is 4. The number of aliphatic hydroxyl groups is 2. The maximum absolute atomic E-state index is 15.4. The topological polar surface area (TPSA) is 190 Å². The summed E-state index contributed by atoms with van der Waals surface area (Å²) in [5.41, 5.74) is 1.92. The molecule has 0 aliphatic carbocycles. The number of Topliss-reactive ketones (excluding diaryl/α,β-unsaturated/α-hetero) is 2. The molecule has 2 N–H and O–H groups in total. The Morgan fingerprint density at radius 2 is 0.738 bits per heavy atom. The maximum atomic E-state index is 15.4. The van der Waals surface area contributed by atoms with Crippen LogP contribution in [0.5, 0.6) is 0 Å². The molecule has 0 aliphatic rings. The summed E-state index contributed by atoms with van der Waals surface area (Å²) in [7, 11) is -9.22. The molecule has 12 atom stereocenters. The van der Waals surface area contributed by atoms with Gasteiger partial charge in [-0.15, -0.1) is 22.7 Å². The Balaban J connectivity index is 2.44. The molecule has 2 aromatic heterocycles. The summed E-state index contributed by atoms with van der Waals surface area (Å²) in [6.45, 7) is 83.2. The van der Waals surface area contributed by atoms with Crippen molar-refractivity contribution in [2.75, 3.05) is 0 Å². The van der Waals surface area contributed by atoms with Gasteiger partial charge >= 0.3 is 11.9 Å². The molecule has 0 saturated heterocycles. The van der Waals surface area contributed by atoms with Crippen molar-refractivity contribution >= 4 is 104 Å². The first-order valence-electron chi connectivity index (χ1n) is 39.8. The standard InChI is InChI=1S/C86H156N2O12S3Si4/c1-55(47-49-67(97-104(33,34)81(17,18)19)59(5)51-65-53-101-63(9)87-65)43-41-45-57(3)71(99-106(37,38)83(23,24)25)61(7)73(89)85(29,30)75(91)69(79(11,12)13)77(93)95-103-96-78(94)70(80(14,15)16)76(92)86(31,32)74(90)62(8)72(100-107(39,40)84(26,27)28)58(4)46-42-44-56(2)48-50-68(98-105(35,36)82(20,21)22)60(6)52-66-54-102-64(10)88-66/h47-48,51-54,57-58,61-62,67-72,75-76,91-92H,41-46,49-50H2,1-40H3/t57-,58-,61+,62+,67?,68?,69?,70?,71-,72-,75+,76+/m0/s1. The number of aliphatic hydroxyl groups excluding tert-OH is 2.